The van der Waals surface area contributed by atoms with Gasteiger partial charge in [0, 0.05) is 11.6 Å². The third kappa shape index (κ3) is 3.93. The molecule has 0 bridgehead atoms. The molecule has 0 aromatic heterocycles. The number of hydrazine groups is 1. The Kier molecular flexibility index (Phi) is 6.80. The number of hydrogen-bond donors (Lipinski definition) is 2. The van der Waals surface area contributed by atoms with Gasteiger partial charge >= 0.3 is 0 Å². The molecule has 3 nitrogen and oxygen atoms in total. The van der Waals surface area contributed by atoms with E-state index in [-0.39, 0.29) is 11.6 Å². The molecule has 0 fully saturated rings. The van der Waals surface area contributed by atoms with E-state index in [4.69, 9.17) is 22.2 Å². The highest BCUT2D eigenvalue weighted by atomic mass is 35.5. The van der Waals surface area contributed by atoms with Crippen LogP contribution in [-0.2, 0) is 11.2 Å². The van der Waals surface area contributed by atoms with Gasteiger partial charge in [0.15, 0.2) is 0 Å². The number of ether oxygens (including phenoxy) is 1. The van der Waals surface area contributed by atoms with Crippen molar-refractivity contribution < 1.29 is 4.74 Å². The number of nitrogens with two attached hydrogens (primary N) is 1. The van der Waals surface area contributed by atoms with Gasteiger partial charge in [-0.25, -0.2) is 0 Å². The highest BCUT2D eigenvalue weighted by Crippen LogP contribution is 2.28. The molecule has 1 rings (SSSR count). The van der Waals surface area contributed by atoms with E-state index in [1.807, 2.05) is 31.2 Å². The summed E-state index contributed by atoms with van der Waals surface area (Å²) in [5, 5.41) is 0.778. The van der Waals surface area contributed by atoms with Crippen molar-refractivity contribution in [2.75, 3.05) is 6.61 Å². The Hall–Kier alpha value is -0.610. The summed E-state index contributed by atoms with van der Waals surface area (Å²) in [6.45, 7) is 6.97. The average molecular weight is 285 g/mol. The summed E-state index contributed by atoms with van der Waals surface area (Å²) in [5.41, 5.74) is 3.77. The smallest absolute Gasteiger partial charge is 0.0846 e. The van der Waals surface area contributed by atoms with Crippen LogP contribution in [0.15, 0.2) is 24.3 Å². The monoisotopic (exact) mass is 284 g/mol. The topological polar surface area (TPSA) is 47.3 Å². The van der Waals surface area contributed by atoms with Crippen LogP contribution < -0.4 is 11.3 Å². The summed E-state index contributed by atoms with van der Waals surface area (Å²) in [6, 6.07) is 7.92. The van der Waals surface area contributed by atoms with E-state index in [1.54, 1.807) is 0 Å². The predicted octanol–water partition coefficient (Wildman–Crippen LogP) is 3.31. The van der Waals surface area contributed by atoms with Crippen LogP contribution in [0, 0.1) is 0 Å². The largest absolute Gasteiger partial charge is 0.374 e. The molecule has 1 unspecified atom stereocenters. The summed E-state index contributed by atoms with van der Waals surface area (Å²) in [5.74, 6) is 5.77. The summed E-state index contributed by atoms with van der Waals surface area (Å²) in [7, 11) is 0. The maximum absolute atomic E-state index is 6.23. The highest BCUT2D eigenvalue weighted by molar-refractivity contribution is 6.31. The molecule has 3 N–H and O–H groups in total. The number of nitrogens with one attached hydrogen (secondary N) is 1. The third-order valence-corrected chi connectivity index (χ3v) is 4.22. The van der Waals surface area contributed by atoms with Gasteiger partial charge in [0.05, 0.1) is 11.6 Å². The van der Waals surface area contributed by atoms with Crippen molar-refractivity contribution in [2.24, 2.45) is 5.84 Å². The summed E-state index contributed by atoms with van der Waals surface area (Å²) in [4.78, 5) is 0. The van der Waals surface area contributed by atoms with Crippen molar-refractivity contribution in [3.63, 3.8) is 0 Å². The van der Waals surface area contributed by atoms with Gasteiger partial charge in [-0.1, -0.05) is 43.6 Å². The Bertz CT molecular complexity index is 380. The molecule has 1 atom stereocenters. The van der Waals surface area contributed by atoms with Crippen LogP contribution in [0.3, 0.4) is 0 Å². The van der Waals surface area contributed by atoms with E-state index in [2.05, 4.69) is 19.3 Å². The van der Waals surface area contributed by atoms with Gasteiger partial charge in [-0.2, -0.15) is 0 Å². The number of halogens is 1. The van der Waals surface area contributed by atoms with E-state index in [0.29, 0.717) is 6.61 Å². The summed E-state index contributed by atoms with van der Waals surface area (Å²) in [6.07, 6.45) is 2.59. The zero-order valence-corrected chi connectivity index (χ0v) is 12.8. The zero-order valence-electron chi connectivity index (χ0n) is 12.1. The Labute approximate surface area is 121 Å². The van der Waals surface area contributed by atoms with Gasteiger partial charge in [0.2, 0.25) is 0 Å². The van der Waals surface area contributed by atoms with Gasteiger partial charge in [-0.05, 0) is 37.8 Å². The molecular weight excluding hydrogens is 260 g/mol. The van der Waals surface area contributed by atoms with Crippen LogP contribution >= 0.6 is 11.6 Å². The lowest BCUT2D eigenvalue weighted by Crippen LogP contribution is -2.55. The summed E-state index contributed by atoms with van der Waals surface area (Å²) >= 11 is 6.23. The number of benzene rings is 1. The maximum atomic E-state index is 6.23. The van der Waals surface area contributed by atoms with Crippen LogP contribution in [0.5, 0.6) is 0 Å². The van der Waals surface area contributed by atoms with Crippen molar-refractivity contribution in [1.29, 1.82) is 0 Å². The van der Waals surface area contributed by atoms with E-state index in [1.165, 1.54) is 0 Å². The van der Waals surface area contributed by atoms with Crippen LogP contribution in [0.25, 0.3) is 0 Å². The number of rotatable bonds is 8. The fraction of sp³-hybridized carbons (Fsp3) is 0.600. The van der Waals surface area contributed by atoms with Crippen LogP contribution in [0.1, 0.15) is 39.2 Å². The van der Waals surface area contributed by atoms with Gasteiger partial charge in [-0.15, -0.1) is 0 Å². The fourth-order valence-electron chi connectivity index (χ4n) is 2.62. The molecular formula is C15H25ClN2O. The Morgan fingerprint density at radius 2 is 1.89 bits per heavy atom. The van der Waals surface area contributed by atoms with E-state index in [9.17, 15) is 0 Å². The molecule has 0 radical (unpaired) electrons. The minimum Gasteiger partial charge on any atom is -0.374 e. The second-order valence-corrected chi connectivity index (χ2v) is 5.13. The Balaban J connectivity index is 2.95. The molecule has 0 saturated carbocycles. The maximum Gasteiger partial charge on any atom is 0.0846 e. The Morgan fingerprint density at radius 1 is 1.26 bits per heavy atom. The van der Waals surface area contributed by atoms with E-state index >= 15 is 0 Å². The van der Waals surface area contributed by atoms with Crippen molar-refractivity contribution in [1.82, 2.24) is 5.43 Å². The quantitative estimate of drug-likeness (QED) is 0.569. The van der Waals surface area contributed by atoms with Crippen LogP contribution in [-0.4, -0.2) is 18.2 Å². The lowest BCUT2D eigenvalue weighted by atomic mass is 9.84. The second-order valence-electron chi connectivity index (χ2n) is 4.72. The second kappa shape index (κ2) is 7.85. The Morgan fingerprint density at radius 3 is 2.37 bits per heavy atom. The van der Waals surface area contributed by atoms with E-state index < -0.39 is 0 Å². The van der Waals surface area contributed by atoms with Gasteiger partial charge < -0.3 is 4.74 Å². The molecule has 0 heterocycles. The van der Waals surface area contributed by atoms with Gasteiger partial charge in [0.25, 0.3) is 0 Å². The van der Waals surface area contributed by atoms with Gasteiger partial charge in [-0.3, -0.25) is 11.3 Å². The molecule has 1 aromatic rings. The lowest BCUT2D eigenvalue weighted by molar-refractivity contribution is -0.0719. The molecule has 108 valence electrons. The first kappa shape index (κ1) is 16.4. The van der Waals surface area contributed by atoms with Crippen molar-refractivity contribution >= 4 is 11.6 Å². The molecule has 19 heavy (non-hydrogen) atoms. The minimum atomic E-state index is -0.247. The molecule has 0 saturated heterocycles. The van der Waals surface area contributed by atoms with Crippen LogP contribution in [0.2, 0.25) is 5.02 Å². The van der Waals surface area contributed by atoms with Crippen molar-refractivity contribution in [3.8, 4) is 0 Å². The normalized spacial score (nSPS) is 13.5. The molecule has 0 aliphatic rings. The molecule has 0 spiro atoms. The molecule has 0 aliphatic carbocycles. The van der Waals surface area contributed by atoms with Crippen molar-refractivity contribution in [2.45, 2.75) is 51.7 Å². The SMILES string of the molecule is CCOC(CC)(CC)C(Cc1ccccc1Cl)NN. The highest BCUT2D eigenvalue weighted by Gasteiger charge is 2.36. The molecule has 0 amide bonds. The lowest BCUT2D eigenvalue weighted by Gasteiger charge is -2.39. The first-order chi connectivity index (χ1) is 9.13. The standard InChI is InChI=1S/C15H25ClN2O/c1-4-15(5-2,19-6-3)14(18-17)11-12-9-7-8-10-13(12)16/h7-10,14,18H,4-6,11,17H2,1-3H3. The molecule has 0 aliphatic heterocycles. The first-order valence-corrected chi connectivity index (χ1v) is 7.34. The van der Waals surface area contributed by atoms with Crippen LogP contribution in [0.4, 0.5) is 0 Å². The molecule has 1 aromatic carbocycles. The average Bonchev–Trinajstić information content (AvgIpc) is 2.44. The summed E-state index contributed by atoms with van der Waals surface area (Å²) < 4.78 is 6.01. The fourth-order valence-corrected chi connectivity index (χ4v) is 2.83. The number of hydrogen-bond acceptors (Lipinski definition) is 3. The minimum absolute atomic E-state index is 0.0438. The zero-order chi connectivity index (χ0) is 14.3. The first-order valence-electron chi connectivity index (χ1n) is 6.97. The van der Waals surface area contributed by atoms with Crippen molar-refractivity contribution in [3.05, 3.63) is 34.9 Å². The molecule has 4 heteroatoms. The third-order valence-electron chi connectivity index (χ3n) is 3.85. The van der Waals surface area contributed by atoms with Gasteiger partial charge in [0.1, 0.15) is 0 Å². The van der Waals surface area contributed by atoms with E-state index in [0.717, 1.165) is 29.8 Å². The predicted molar refractivity (Wildman–Crippen MR) is 81.2 cm³/mol.